The summed E-state index contributed by atoms with van der Waals surface area (Å²) < 4.78 is 10.5. The van der Waals surface area contributed by atoms with Crippen LogP contribution in [0.3, 0.4) is 0 Å². The Morgan fingerprint density at radius 3 is 2.50 bits per heavy atom. The number of benzene rings is 1. The van der Waals surface area contributed by atoms with Crippen molar-refractivity contribution in [2.75, 3.05) is 14.2 Å². The lowest BCUT2D eigenvalue weighted by atomic mass is 10.0. The van der Waals surface area contributed by atoms with Gasteiger partial charge in [-0.3, -0.25) is 0 Å². The number of rotatable bonds is 5. The molecule has 3 nitrogen and oxygen atoms in total. The lowest BCUT2D eigenvalue weighted by molar-refractivity contribution is 0.149. The maximum Gasteiger partial charge on any atom is 0.127 e. The van der Waals surface area contributed by atoms with Crippen molar-refractivity contribution in [1.29, 1.82) is 0 Å². The number of hydrogen-bond donors (Lipinski definition) is 1. The molecule has 1 fully saturated rings. The van der Waals surface area contributed by atoms with Gasteiger partial charge in [0, 0.05) is 19.1 Å². The average Bonchev–Trinajstić information content (AvgIpc) is 2.97. The monoisotopic (exact) mass is 222 g/mol. The number of ether oxygens (including phenoxy) is 2. The topological polar surface area (TPSA) is 38.7 Å². The molecule has 16 heavy (non-hydrogen) atoms. The minimum absolute atomic E-state index is 0.487. The third-order valence-electron chi connectivity index (χ3n) is 3.03. The Kier molecular flexibility index (Phi) is 3.17. The van der Waals surface area contributed by atoms with Crippen molar-refractivity contribution >= 4 is 0 Å². The van der Waals surface area contributed by atoms with E-state index in [0.29, 0.717) is 13.0 Å². The van der Waals surface area contributed by atoms with Gasteiger partial charge in [0.25, 0.3) is 0 Å². The van der Waals surface area contributed by atoms with E-state index < -0.39 is 5.60 Å². The molecule has 0 heterocycles. The Bertz CT molecular complexity index is 369. The standard InChI is InChI=1S/C13H18O3/c1-15-9-11-5-3-4-10(12(11)16-2)8-13(14)6-7-13/h3-5,14H,6-9H2,1-2H3. The van der Waals surface area contributed by atoms with Gasteiger partial charge >= 0.3 is 0 Å². The van der Waals surface area contributed by atoms with Crippen LogP contribution in [0.2, 0.25) is 0 Å². The average molecular weight is 222 g/mol. The minimum atomic E-state index is -0.487. The summed E-state index contributed by atoms with van der Waals surface area (Å²) in [5.74, 6) is 0.852. The van der Waals surface area contributed by atoms with Gasteiger partial charge < -0.3 is 14.6 Å². The van der Waals surface area contributed by atoms with Gasteiger partial charge in [-0.2, -0.15) is 0 Å². The summed E-state index contributed by atoms with van der Waals surface area (Å²) in [5.41, 5.74) is 1.61. The fourth-order valence-electron chi connectivity index (χ4n) is 1.98. The molecule has 0 amide bonds. The number of para-hydroxylation sites is 1. The summed E-state index contributed by atoms with van der Waals surface area (Å²) in [5, 5.41) is 9.94. The van der Waals surface area contributed by atoms with Gasteiger partial charge in [0.05, 0.1) is 19.3 Å². The first-order valence-corrected chi connectivity index (χ1v) is 5.54. The Morgan fingerprint density at radius 1 is 1.25 bits per heavy atom. The zero-order valence-electron chi connectivity index (χ0n) is 9.82. The number of methoxy groups -OCH3 is 2. The van der Waals surface area contributed by atoms with Gasteiger partial charge in [0.2, 0.25) is 0 Å². The summed E-state index contributed by atoms with van der Waals surface area (Å²) in [6, 6.07) is 5.98. The molecule has 1 N–H and O–H groups in total. The van der Waals surface area contributed by atoms with Crippen molar-refractivity contribution in [3.63, 3.8) is 0 Å². The molecule has 0 bridgehead atoms. The maximum absolute atomic E-state index is 9.94. The molecule has 1 aliphatic rings. The summed E-state index contributed by atoms with van der Waals surface area (Å²) >= 11 is 0. The molecule has 1 aromatic rings. The van der Waals surface area contributed by atoms with E-state index in [0.717, 1.165) is 29.7 Å². The van der Waals surface area contributed by atoms with Crippen LogP contribution in [0.25, 0.3) is 0 Å². The predicted molar refractivity (Wildman–Crippen MR) is 61.6 cm³/mol. The lowest BCUT2D eigenvalue weighted by Crippen LogP contribution is -2.12. The Hall–Kier alpha value is -1.06. The first-order chi connectivity index (χ1) is 7.68. The van der Waals surface area contributed by atoms with Crippen LogP contribution in [-0.2, 0) is 17.8 Å². The SMILES string of the molecule is COCc1cccc(CC2(O)CC2)c1OC. The van der Waals surface area contributed by atoms with E-state index in [4.69, 9.17) is 9.47 Å². The van der Waals surface area contributed by atoms with Crippen LogP contribution < -0.4 is 4.74 Å². The van der Waals surface area contributed by atoms with Gasteiger partial charge in [-0.1, -0.05) is 18.2 Å². The van der Waals surface area contributed by atoms with Crippen LogP contribution >= 0.6 is 0 Å². The van der Waals surface area contributed by atoms with Crippen LogP contribution in [0.5, 0.6) is 5.75 Å². The summed E-state index contributed by atoms with van der Waals surface area (Å²) in [7, 11) is 3.33. The molecule has 2 rings (SSSR count). The summed E-state index contributed by atoms with van der Waals surface area (Å²) in [4.78, 5) is 0. The molecule has 0 aliphatic heterocycles. The van der Waals surface area contributed by atoms with Gasteiger partial charge in [0.1, 0.15) is 5.75 Å². The molecule has 88 valence electrons. The Balaban J connectivity index is 2.25. The number of aliphatic hydroxyl groups is 1. The molecular weight excluding hydrogens is 204 g/mol. The molecule has 0 atom stereocenters. The van der Waals surface area contributed by atoms with Gasteiger partial charge in [-0.05, 0) is 18.4 Å². The van der Waals surface area contributed by atoms with Gasteiger partial charge in [-0.25, -0.2) is 0 Å². The van der Waals surface area contributed by atoms with E-state index in [2.05, 4.69) is 0 Å². The number of hydrogen-bond acceptors (Lipinski definition) is 3. The van der Waals surface area contributed by atoms with E-state index in [9.17, 15) is 5.11 Å². The quantitative estimate of drug-likeness (QED) is 0.827. The van der Waals surface area contributed by atoms with Crippen molar-refractivity contribution in [2.45, 2.75) is 31.5 Å². The first-order valence-electron chi connectivity index (χ1n) is 5.54. The van der Waals surface area contributed by atoms with Crippen molar-refractivity contribution in [2.24, 2.45) is 0 Å². The second kappa shape index (κ2) is 4.44. The highest BCUT2D eigenvalue weighted by molar-refractivity contribution is 5.42. The largest absolute Gasteiger partial charge is 0.496 e. The molecule has 1 saturated carbocycles. The zero-order valence-corrected chi connectivity index (χ0v) is 9.82. The van der Waals surface area contributed by atoms with Crippen LogP contribution in [-0.4, -0.2) is 24.9 Å². The van der Waals surface area contributed by atoms with Crippen LogP contribution in [0, 0.1) is 0 Å². The summed E-state index contributed by atoms with van der Waals surface area (Å²) in [6.07, 6.45) is 2.46. The van der Waals surface area contributed by atoms with Gasteiger partial charge in [-0.15, -0.1) is 0 Å². The summed E-state index contributed by atoms with van der Waals surface area (Å²) in [6.45, 7) is 0.537. The predicted octanol–water partition coefficient (Wildman–Crippen LogP) is 1.91. The fourth-order valence-corrected chi connectivity index (χ4v) is 1.98. The molecule has 0 radical (unpaired) electrons. The molecule has 0 spiro atoms. The Labute approximate surface area is 96.0 Å². The second-order valence-electron chi connectivity index (χ2n) is 4.44. The van der Waals surface area contributed by atoms with Crippen molar-refractivity contribution in [3.8, 4) is 5.75 Å². The van der Waals surface area contributed by atoms with E-state index in [-0.39, 0.29) is 0 Å². The van der Waals surface area contributed by atoms with Crippen molar-refractivity contribution < 1.29 is 14.6 Å². The van der Waals surface area contributed by atoms with E-state index >= 15 is 0 Å². The lowest BCUT2D eigenvalue weighted by Gasteiger charge is -2.15. The maximum atomic E-state index is 9.94. The second-order valence-corrected chi connectivity index (χ2v) is 4.44. The van der Waals surface area contributed by atoms with Gasteiger partial charge in [0.15, 0.2) is 0 Å². The van der Waals surface area contributed by atoms with Crippen molar-refractivity contribution in [1.82, 2.24) is 0 Å². The highest BCUT2D eigenvalue weighted by Gasteiger charge is 2.40. The molecule has 0 saturated heterocycles. The minimum Gasteiger partial charge on any atom is -0.496 e. The third-order valence-corrected chi connectivity index (χ3v) is 3.03. The van der Waals surface area contributed by atoms with E-state index in [1.165, 1.54) is 0 Å². The first kappa shape index (κ1) is 11.4. The van der Waals surface area contributed by atoms with E-state index in [1.54, 1.807) is 14.2 Å². The van der Waals surface area contributed by atoms with Crippen LogP contribution in [0.4, 0.5) is 0 Å². The van der Waals surface area contributed by atoms with Crippen molar-refractivity contribution in [3.05, 3.63) is 29.3 Å². The molecule has 0 unspecified atom stereocenters. The molecule has 1 aliphatic carbocycles. The smallest absolute Gasteiger partial charge is 0.127 e. The highest BCUT2D eigenvalue weighted by atomic mass is 16.5. The third kappa shape index (κ3) is 2.36. The van der Waals surface area contributed by atoms with Crippen LogP contribution in [0.1, 0.15) is 24.0 Å². The molecule has 3 heteroatoms. The molecule has 1 aromatic carbocycles. The fraction of sp³-hybridized carbons (Fsp3) is 0.538. The Morgan fingerprint density at radius 2 is 1.94 bits per heavy atom. The van der Waals surface area contributed by atoms with Crippen LogP contribution in [0.15, 0.2) is 18.2 Å². The highest BCUT2D eigenvalue weighted by Crippen LogP contribution is 2.40. The molecule has 0 aromatic heterocycles. The zero-order chi connectivity index (χ0) is 11.6. The normalized spacial score (nSPS) is 17.2. The molecular formula is C13H18O3. The van der Waals surface area contributed by atoms with E-state index in [1.807, 2.05) is 18.2 Å².